The fraction of sp³-hybridized carbons (Fsp3) is 0.360. The molecule has 0 aliphatic carbocycles. The molecular formula is C25H26N4O4S2. The Kier molecular flexibility index (Phi) is 6.79. The molecule has 0 radical (unpaired) electrons. The summed E-state index contributed by atoms with van der Waals surface area (Å²) in [4.78, 5) is 34.1. The van der Waals surface area contributed by atoms with E-state index >= 15 is 0 Å². The summed E-state index contributed by atoms with van der Waals surface area (Å²) in [5.74, 6) is -0.121. The topological polar surface area (TPSA) is 88.8 Å². The van der Waals surface area contributed by atoms with Gasteiger partial charge in [0.15, 0.2) is 5.13 Å². The molecule has 1 fully saturated rings. The van der Waals surface area contributed by atoms with Gasteiger partial charge in [-0.15, -0.1) is 11.3 Å². The largest absolute Gasteiger partial charge is 0.379 e. The summed E-state index contributed by atoms with van der Waals surface area (Å²) < 4.78 is 7.36. The molecule has 0 saturated carbocycles. The van der Waals surface area contributed by atoms with Crippen LogP contribution in [0, 0.1) is 24.0 Å². The van der Waals surface area contributed by atoms with Crippen molar-refractivity contribution in [3.63, 3.8) is 0 Å². The number of thiazole rings is 1. The number of benzene rings is 2. The van der Waals surface area contributed by atoms with Crippen molar-refractivity contribution in [2.75, 3.05) is 44.3 Å². The third-order valence-electron chi connectivity index (χ3n) is 6.18. The molecular weight excluding hydrogens is 484 g/mol. The van der Waals surface area contributed by atoms with E-state index in [-0.39, 0.29) is 11.6 Å². The van der Waals surface area contributed by atoms with E-state index in [0.29, 0.717) is 21.9 Å². The monoisotopic (exact) mass is 510 g/mol. The van der Waals surface area contributed by atoms with E-state index in [0.717, 1.165) is 59.7 Å². The van der Waals surface area contributed by atoms with Gasteiger partial charge in [-0.3, -0.25) is 24.7 Å². The van der Waals surface area contributed by atoms with Crippen molar-refractivity contribution in [1.82, 2.24) is 9.88 Å². The van der Waals surface area contributed by atoms with Gasteiger partial charge in [-0.1, -0.05) is 17.4 Å². The predicted octanol–water partition coefficient (Wildman–Crippen LogP) is 5.41. The number of carbonyl (C=O) groups is 1. The number of aryl methyl sites for hydroxylation is 2. The summed E-state index contributed by atoms with van der Waals surface area (Å²) in [6.45, 7) is 8.83. The molecule has 182 valence electrons. The van der Waals surface area contributed by atoms with Crippen LogP contribution in [0.4, 0.5) is 10.8 Å². The molecule has 5 rings (SSSR count). The van der Waals surface area contributed by atoms with Crippen molar-refractivity contribution in [2.24, 2.45) is 0 Å². The molecule has 0 N–H and O–H groups in total. The molecule has 4 aromatic rings. The number of rotatable bonds is 7. The third kappa shape index (κ3) is 5.06. The van der Waals surface area contributed by atoms with Gasteiger partial charge in [0.25, 0.3) is 11.6 Å². The number of non-ortho nitro benzene ring substituents is 1. The van der Waals surface area contributed by atoms with E-state index in [1.54, 1.807) is 17.0 Å². The number of fused-ring (bicyclic) bond motifs is 2. The Morgan fingerprint density at radius 3 is 2.71 bits per heavy atom. The van der Waals surface area contributed by atoms with Gasteiger partial charge in [0.05, 0.1) is 33.2 Å². The van der Waals surface area contributed by atoms with Gasteiger partial charge in [-0.05, 0) is 49.6 Å². The highest BCUT2D eigenvalue weighted by molar-refractivity contribution is 7.23. The first-order chi connectivity index (χ1) is 16.9. The number of nitro benzene ring substituents is 1. The summed E-state index contributed by atoms with van der Waals surface area (Å²) in [5.41, 5.74) is 3.21. The zero-order chi connectivity index (χ0) is 24.5. The van der Waals surface area contributed by atoms with E-state index < -0.39 is 4.92 Å². The molecule has 0 bridgehead atoms. The second-order valence-corrected chi connectivity index (χ2v) is 10.9. The first-order valence-corrected chi connectivity index (χ1v) is 13.2. The fourth-order valence-corrected chi connectivity index (χ4v) is 6.58. The Labute approximate surface area is 210 Å². The van der Waals surface area contributed by atoms with Crippen LogP contribution in [-0.4, -0.2) is 60.1 Å². The lowest BCUT2D eigenvalue weighted by Crippen LogP contribution is -2.39. The number of aromatic nitrogens is 1. The van der Waals surface area contributed by atoms with Crippen LogP contribution in [0.25, 0.3) is 20.3 Å². The zero-order valence-electron chi connectivity index (χ0n) is 19.7. The van der Waals surface area contributed by atoms with Crippen molar-refractivity contribution in [3.05, 3.63) is 62.5 Å². The van der Waals surface area contributed by atoms with Crippen LogP contribution < -0.4 is 4.90 Å². The molecule has 8 nitrogen and oxygen atoms in total. The number of nitro groups is 1. The molecule has 1 aliphatic heterocycles. The molecule has 35 heavy (non-hydrogen) atoms. The zero-order valence-corrected chi connectivity index (χ0v) is 21.3. The van der Waals surface area contributed by atoms with Gasteiger partial charge in [0.1, 0.15) is 0 Å². The Morgan fingerprint density at radius 2 is 1.94 bits per heavy atom. The van der Waals surface area contributed by atoms with Crippen LogP contribution in [0.2, 0.25) is 0 Å². The number of thiophene rings is 1. The maximum atomic E-state index is 13.8. The van der Waals surface area contributed by atoms with E-state index in [1.165, 1.54) is 40.4 Å². The van der Waals surface area contributed by atoms with Crippen LogP contribution in [0.5, 0.6) is 0 Å². The summed E-state index contributed by atoms with van der Waals surface area (Å²) in [6.07, 6.45) is 0.816. The van der Waals surface area contributed by atoms with E-state index in [4.69, 9.17) is 9.72 Å². The maximum absolute atomic E-state index is 13.8. The van der Waals surface area contributed by atoms with Gasteiger partial charge in [0.2, 0.25) is 0 Å². The lowest BCUT2D eigenvalue weighted by atomic mass is 10.1. The highest BCUT2D eigenvalue weighted by atomic mass is 32.1. The quantitative estimate of drug-likeness (QED) is 0.244. The summed E-state index contributed by atoms with van der Waals surface area (Å²) in [7, 11) is 0. The molecule has 0 spiro atoms. The minimum absolute atomic E-state index is 0.0219. The Morgan fingerprint density at radius 1 is 1.14 bits per heavy atom. The molecule has 2 aromatic heterocycles. The van der Waals surface area contributed by atoms with Gasteiger partial charge in [-0.25, -0.2) is 4.98 Å². The SMILES string of the molecule is Cc1cc(C)c2nc(N(CCCN3CCOCC3)C(=O)c3cc4cc([N+](=O)[O-])ccc4s3)sc2c1. The number of hydrogen-bond donors (Lipinski definition) is 0. The third-order valence-corrected chi connectivity index (χ3v) is 8.31. The van der Waals surface area contributed by atoms with Crippen molar-refractivity contribution in [3.8, 4) is 0 Å². The summed E-state index contributed by atoms with van der Waals surface area (Å²) in [6, 6.07) is 10.7. The van der Waals surface area contributed by atoms with Crippen LogP contribution in [0.1, 0.15) is 27.2 Å². The molecule has 3 heterocycles. The number of carbonyl (C=O) groups excluding carboxylic acids is 1. The minimum atomic E-state index is -0.415. The first-order valence-electron chi connectivity index (χ1n) is 11.6. The lowest BCUT2D eigenvalue weighted by molar-refractivity contribution is -0.384. The van der Waals surface area contributed by atoms with Crippen LogP contribution >= 0.6 is 22.7 Å². The van der Waals surface area contributed by atoms with Gasteiger partial charge < -0.3 is 4.74 Å². The Hall–Kier alpha value is -2.92. The molecule has 1 saturated heterocycles. The van der Waals surface area contributed by atoms with E-state index in [1.807, 2.05) is 6.92 Å². The molecule has 2 aromatic carbocycles. The van der Waals surface area contributed by atoms with E-state index in [2.05, 4.69) is 24.0 Å². The minimum Gasteiger partial charge on any atom is -0.379 e. The fourth-order valence-electron chi connectivity index (χ4n) is 4.42. The lowest BCUT2D eigenvalue weighted by Gasteiger charge is -2.27. The van der Waals surface area contributed by atoms with Crippen molar-refractivity contribution in [1.29, 1.82) is 0 Å². The predicted molar refractivity (Wildman–Crippen MR) is 141 cm³/mol. The summed E-state index contributed by atoms with van der Waals surface area (Å²) >= 11 is 2.89. The van der Waals surface area contributed by atoms with E-state index in [9.17, 15) is 14.9 Å². The van der Waals surface area contributed by atoms with Crippen molar-refractivity contribution in [2.45, 2.75) is 20.3 Å². The Balaban J connectivity index is 1.46. The number of nitrogens with zero attached hydrogens (tertiary/aromatic N) is 4. The first kappa shape index (κ1) is 23.8. The average Bonchev–Trinajstić information content (AvgIpc) is 3.46. The number of ether oxygens (including phenoxy) is 1. The number of hydrogen-bond acceptors (Lipinski definition) is 8. The normalized spacial score (nSPS) is 14.6. The standard InChI is InChI=1S/C25H26N4O4S2/c1-16-12-17(2)23-21(13-16)35-25(26-23)28(7-3-6-27-8-10-33-11-9-27)24(30)22-15-18-14-19(29(31)32)4-5-20(18)34-22/h4-5,12-15H,3,6-11H2,1-2H3. The molecule has 0 atom stereocenters. The molecule has 1 amide bonds. The molecule has 10 heteroatoms. The average molecular weight is 511 g/mol. The maximum Gasteiger partial charge on any atom is 0.270 e. The number of amides is 1. The van der Waals surface area contributed by atoms with Gasteiger partial charge in [0, 0.05) is 48.4 Å². The second-order valence-electron chi connectivity index (χ2n) is 8.78. The summed E-state index contributed by atoms with van der Waals surface area (Å²) in [5, 5.41) is 12.6. The van der Waals surface area contributed by atoms with Crippen LogP contribution in [0.15, 0.2) is 36.4 Å². The number of anilines is 1. The second kappa shape index (κ2) is 9.98. The van der Waals surface area contributed by atoms with Gasteiger partial charge in [-0.2, -0.15) is 0 Å². The highest BCUT2D eigenvalue weighted by Gasteiger charge is 2.24. The van der Waals surface area contributed by atoms with Crippen LogP contribution in [-0.2, 0) is 4.74 Å². The smallest absolute Gasteiger partial charge is 0.270 e. The van der Waals surface area contributed by atoms with Crippen LogP contribution in [0.3, 0.4) is 0 Å². The van der Waals surface area contributed by atoms with Gasteiger partial charge >= 0.3 is 0 Å². The highest BCUT2D eigenvalue weighted by Crippen LogP contribution is 2.35. The van der Waals surface area contributed by atoms with Crippen molar-refractivity contribution < 1.29 is 14.5 Å². The molecule has 0 unspecified atom stereocenters. The van der Waals surface area contributed by atoms with Crippen molar-refractivity contribution >= 4 is 59.7 Å². The number of morpholine rings is 1. The Bertz CT molecular complexity index is 1410. The molecule has 1 aliphatic rings.